The van der Waals surface area contributed by atoms with Crippen molar-refractivity contribution in [3.63, 3.8) is 0 Å². The van der Waals surface area contributed by atoms with E-state index in [1.807, 2.05) is 0 Å². The quantitative estimate of drug-likeness (QED) is 0.284. The van der Waals surface area contributed by atoms with Gasteiger partial charge in [-0.3, -0.25) is 14.4 Å². The predicted octanol–water partition coefficient (Wildman–Crippen LogP) is -3.15. The number of hydrogen-bond acceptors (Lipinski definition) is 8. The highest BCUT2D eigenvalue weighted by Crippen LogP contribution is 1.99. The first-order chi connectivity index (χ1) is 12.3. The molecule has 0 aromatic heterocycles. The van der Waals surface area contributed by atoms with Crippen molar-refractivity contribution >= 4 is 29.7 Å². The highest BCUT2D eigenvalue weighted by Gasteiger charge is 2.27. The Morgan fingerprint density at radius 2 is 1.42 bits per heavy atom. The average molecular weight is 366 g/mol. The highest BCUT2D eigenvalue weighted by molar-refractivity contribution is 5.95. The van der Waals surface area contributed by atoms with Crippen LogP contribution in [0.25, 0.3) is 0 Å². The molecule has 2 unspecified atom stereocenters. The lowest BCUT2D eigenvalue weighted by Crippen LogP contribution is -2.58. The number of ether oxygens (including phenoxy) is 2. The molecular weight excluding hydrogens is 348 g/mol. The molecule has 2 aliphatic rings. The summed E-state index contributed by atoms with van der Waals surface area (Å²) in [6.45, 7) is 3.22. The van der Waals surface area contributed by atoms with E-state index in [2.05, 4.69) is 27.8 Å². The number of amides is 3. The molecule has 4 N–H and O–H groups in total. The standard InChI is InChI=1S/C15H18N4O7/c1-8-4-16-14(23)9(18-8)6-25-12(21)2-3-13(22)26-7-10-15(24)17-5-11(20)19-10/h2-3,9-10,18H,1,4-7H2,(H,16,23)(H,17,24)(H,19,20)/b3-2+. The van der Waals surface area contributed by atoms with E-state index in [1.165, 1.54) is 0 Å². The van der Waals surface area contributed by atoms with Crippen molar-refractivity contribution in [2.75, 3.05) is 26.3 Å². The molecule has 11 nitrogen and oxygen atoms in total. The van der Waals surface area contributed by atoms with Gasteiger partial charge in [0, 0.05) is 17.8 Å². The van der Waals surface area contributed by atoms with Gasteiger partial charge in [0.25, 0.3) is 0 Å². The molecule has 11 heteroatoms. The normalized spacial score (nSPS) is 22.8. The first-order valence-electron chi connectivity index (χ1n) is 7.66. The lowest BCUT2D eigenvalue weighted by atomic mass is 10.2. The van der Waals surface area contributed by atoms with Crippen LogP contribution in [-0.2, 0) is 33.4 Å². The SMILES string of the molecule is C=C1CNC(=O)C(COC(=O)/C=C/C(=O)OCC2NC(=O)CNC2=O)N1. The number of carbonyl (C=O) groups is 5. The highest BCUT2D eigenvalue weighted by atomic mass is 16.5. The summed E-state index contributed by atoms with van der Waals surface area (Å²) in [4.78, 5) is 57.2. The van der Waals surface area contributed by atoms with E-state index in [1.54, 1.807) is 0 Å². The average Bonchev–Trinajstić information content (AvgIpc) is 2.61. The van der Waals surface area contributed by atoms with Gasteiger partial charge < -0.3 is 30.7 Å². The zero-order valence-corrected chi connectivity index (χ0v) is 13.7. The minimum Gasteiger partial charge on any atom is -0.460 e. The van der Waals surface area contributed by atoms with E-state index < -0.39 is 35.8 Å². The van der Waals surface area contributed by atoms with Gasteiger partial charge in [-0.25, -0.2) is 9.59 Å². The van der Waals surface area contributed by atoms with E-state index in [4.69, 9.17) is 9.47 Å². The van der Waals surface area contributed by atoms with Crippen LogP contribution in [-0.4, -0.2) is 68.0 Å². The Kier molecular flexibility index (Phi) is 6.31. The fraction of sp³-hybridized carbons (Fsp3) is 0.400. The van der Waals surface area contributed by atoms with Crippen LogP contribution in [0.5, 0.6) is 0 Å². The Morgan fingerprint density at radius 1 is 0.923 bits per heavy atom. The largest absolute Gasteiger partial charge is 0.460 e. The summed E-state index contributed by atoms with van der Waals surface area (Å²) in [5, 5.41) is 10.0. The molecule has 2 heterocycles. The van der Waals surface area contributed by atoms with Gasteiger partial charge >= 0.3 is 11.9 Å². The third kappa shape index (κ3) is 5.61. The topological polar surface area (TPSA) is 152 Å². The van der Waals surface area contributed by atoms with Crippen molar-refractivity contribution in [3.05, 3.63) is 24.4 Å². The monoisotopic (exact) mass is 366 g/mol. The molecule has 2 fully saturated rings. The molecule has 26 heavy (non-hydrogen) atoms. The van der Waals surface area contributed by atoms with Crippen LogP contribution in [0.1, 0.15) is 0 Å². The van der Waals surface area contributed by atoms with Gasteiger partial charge in [-0.15, -0.1) is 0 Å². The fourth-order valence-electron chi connectivity index (χ4n) is 2.08. The number of hydrogen-bond donors (Lipinski definition) is 4. The molecule has 0 saturated carbocycles. The Bertz CT molecular complexity index is 617. The molecule has 3 amide bonds. The van der Waals surface area contributed by atoms with Crippen LogP contribution in [0.15, 0.2) is 24.4 Å². The lowest BCUT2D eigenvalue weighted by Gasteiger charge is -2.25. The molecule has 2 rings (SSSR count). The molecule has 2 atom stereocenters. The number of nitrogens with one attached hydrogen (secondary N) is 4. The van der Waals surface area contributed by atoms with Gasteiger partial charge in [0.1, 0.15) is 25.3 Å². The maximum atomic E-state index is 11.6. The van der Waals surface area contributed by atoms with Crippen molar-refractivity contribution in [1.29, 1.82) is 0 Å². The van der Waals surface area contributed by atoms with Crippen molar-refractivity contribution in [1.82, 2.24) is 21.3 Å². The van der Waals surface area contributed by atoms with E-state index >= 15 is 0 Å². The van der Waals surface area contributed by atoms with Gasteiger partial charge in [-0.2, -0.15) is 0 Å². The number of carbonyl (C=O) groups excluding carboxylic acids is 5. The van der Waals surface area contributed by atoms with Crippen molar-refractivity contribution in [2.45, 2.75) is 12.1 Å². The summed E-state index contributed by atoms with van der Waals surface area (Å²) in [5.41, 5.74) is 0.587. The van der Waals surface area contributed by atoms with E-state index in [-0.39, 0.29) is 25.7 Å². The molecule has 2 saturated heterocycles. The van der Waals surface area contributed by atoms with Crippen LogP contribution in [0.2, 0.25) is 0 Å². The molecule has 0 aromatic rings. The molecular formula is C15H18N4O7. The van der Waals surface area contributed by atoms with E-state index in [9.17, 15) is 24.0 Å². The zero-order chi connectivity index (χ0) is 19.1. The molecule has 0 aliphatic carbocycles. The van der Waals surface area contributed by atoms with Gasteiger partial charge in [0.2, 0.25) is 17.7 Å². The maximum absolute atomic E-state index is 11.6. The minimum absolute atomic E-state index is 0.129. The number of esters is 2. The molecule has 0 aromatic carbocycles. The smallest absolute Gasteiger partial charge is 0.331 e. The van der Waals surface area contributed by atoms with Gasteiger partial charge in [0.05, 0.1) is 13.1 Å². The van der Waals surface area contributed by atoms with Crippen molar-refractivity contribution < 1.29 is 33.4 Å². The first kappa shape index (κ1) is 19.0. The third-order valence-electron chi connectivity index (χ3n) is 3.39. The van der Waals surface area contributed by atoms with Crippen molar-refractivity contribution in [2.24, 2.45) is 0 Å². The Balaban J connectivity index is 1.70. The van der Waals surface area contributed by atoms with E-state index in [0.717, 1.165) is 12.2 Å². The lowest BCUT2D eigenvalue weighted by molar-refractivity contribution is -0.144. The minimum atomic E-state index is -0.982. The summed E-state index contributed by atoms with van der Waals surface area (Å²) in [5.74, 6) is -2.94. The third-order valence-corrected chi connectivity index (χ3v) is 3.39. The summed E-state index contributed by atoms with van der Waals surface area (Å²) in [6, 6.07) is -1.74. The van der Waals surface area contributed by atoms with Gasteiger partial charge in [-0.1, -0.05) is 6.58 Å². The van der Waals surface area contributed by atoms with Gasteiger partial charge in [0.15, 0.2) is 0 Å². The molecule has 140 valence electrons. The zero-order valence-electron chi connectivity index (χ0n) is 13.7. The second-order valence-corrected chi connectivity index (χ2v) is 5.45. The number of rotatable bonds is 6. The predicted molar refractivity (Wildman–Crippen MR) is 85.1 cm³/mol. The summed E-state index contributed by atoms with van der Waals surface area (Å²) < 4.78 is 9.64. The molecule has 0 spiro atoms. The number of piperazine rings is 2. The Labute approximate surface area is 148 Å². The van der Waals surface area contributed by atoms with Crippen LogP contribution < -0.4 is 21.3 Å². The maximum Gasteiger partial charge on any atom is 0.331 e. The molecule has 2 aliphatic heterocycles. The summed E-state index contributed by atoms with van der Waals surface area (Å²) in [7, 11) is 0. The van der Waals surface area contributed by atoms with Crippen LogP contribution in [0.4, 0.5) is 0 Å². The second kappa shape index (κ2) is 8.65. The Morgan fingerprint density at radius 3 is 2.00 bits per heavy atom. The van der Waals surface area contributed by atoms with E-state index in [0.29, 0.717) is 12.2 Å². The summed E-state index contributed by atoms with van der Waals surface area (Å²) >= 11 is 0. The van der Waals surface area contributed by atoms with Crippen LogP contribution in [0.3, 0.4) is 0 Å². The fourth-order valence-corrected chi connectivity index (χ4v) is 2.08. The second-order valence-electron chi connectivity index (χ2n) is 5.45. The van der Waals surface area contributed by atoms with Crippen LogP contribution >= 0.6 is 0 Å². The summed E-state index contributed by atoms with van der Waals surface area (Å²) in [6.07, 6.45) is 1.65. The molecule has 0 radical (unpaired) electrons. The van der Waals surface area contributed by atoms with Gasteiger partial charge in [-0.05, 0) is 0 Å². The first-order valence-corrected chi connectivity index (χ1v) is 7.66. The molecule has 0 bridgehead atoms. The van der Waals surface area contributed by atoms with Crippen molar-refractivity contribution in [3.8, 4) is 0 Å². The van der Waals surface area contributed by atoms with Crippen LogP contribution in [0, 0.1) is 0 Å². The Hall–Kier alpha value is -3.37.